The molecule has 2 aliphatic rings. The number of amides is 1. The van der Waals surface area contributed by atoms with Crippen LogP contribution in [0.3, 0.4) is 0 Å². The highest BCUT2D eigenvalue weighted by molar-refractivity contribution is 6.30. The van der Waals surface area contributed by atoms with Gasteiger partial charge in [0.25, 0.3) is 0 Å². The molecule has 1 aromatic carbocycles. The monoisotopic (exact) mass is 276 g/mol. The number of piperidine rings is 1. The summed E-state index contributed by atoms with van der Waals surface area (Å²) in [6.45, 7) is 6.57. The minimum absolute atomic E-state index is 0.0522. The van der Waals surface area contributed by atoms with E-state index in [0.717, 1.165) is 24.7 Å². The molecule has 1 aliphatic carbocycles. The molecule has 19 heavy (non-hydrogen) atoms. The van der Waals surface area contributed by atoms with E-state index < -0.39 is 0 Å². The van der Waals surface area contributed by atoms with E-state index in [2.05, 4.69) is 28.9 Å². The fourth-order valence-electron chi connectivity index (χ4n) is 3.03. The maximum atomic E-state index is 11.2. The van der Waals surface area contributed by atoms with Gasteiger partial charge < -0.3 is 5.32 Å². The fourth-order valence-corrected chi connectivity index (χ4v) is 3.15. The van der Waals surface area contributed by atoms with E-state index in [9.17, 15) is 4.79 Å². The summed E-state index contributed by atoms with van der Waals surface area (Å²) in [5.74, 6) is 1.19. The SMILES string of the molecule is C=CC(=O)N[C@H]1[C@@H]2CN(Cc3ccc(Cl)cc3)C[C@@H]21. The van der Waals surface area contributed by atoms with Gasteiger partial charge in [-0.25, -0.2) is 0 Å². The number of halogens is 1. The van der Waals surface area contributed by atoms with E-state index in [-0.39, 0.29) is 5.91 Å². The molecule has 1 aromatic rings. The minimum atomic E-state index is -0.0522. The van der Waals surface area contributed by atoms with Gasteiger partial charge in [-0.1, -0.05) is 30.3 Å². The molecule has 3 rings (SSSR count). The Hall–Kier alpha value is -1.32. The summed E-state index contributed by atoms with van der Waals surface area (Å²) >= 11 is 5.88. The molecule has 1 saturated heterocycles. The minimum Gasteiger partial charge on any atom is -0.349 e. The maximum absolute atomic E-state index is 11.2. The Labute approximate surface area is 118 Å². The van der Waals surface area contributed by atoms with Crippen LogP contribution >= 0.6 is 11.6 Å². The largest absolute Gasteiger partial charge is 0.349 e. The van der Waals surface area contributed by atoms with E-state index in [1.807, 2.05) is 12.1 Å². The van der Waals surface area contributed by atoms with Crippen LogP contribution in [0.2, 0.25) is 5.02 Å². The quantitative estimate of drug-likeness (QED) is 0.854. The van der Waals surface area contributed by atoms with Crippen LogP contribution in [-0.2, 0) is 11.3 Å². The summed E-state index contributed by atoms with van der Waals surface area (Å²) in [5, 5.41) is 3.77. The molecule has 100 valence electrons. The van der Waals surface area contributed by atoms with Crippen LogP contribution in [0.25, 0.3) is 0 Å². The molecule has 1 amide bonds. The van der Waals surface area contributed by atoms with Crippen molar-refractivity contribution in [3.05, 3.63) is 47.5 Å². The Morgan fingerprint density at radius 1 is 1.37 bits per heavy atom. The molecule has 1 saturated carbocycles. The first-order valence-electron chi connectivity index (χ1n) is 6.57. The topological polar surface area (TPSA) is 32.3 Å². The first-order chi connectivity index (χ1) is 9.17. The highest BCUT2D eigenvalue weighted by atomic mass is 35.5. The Morgan fingerprint density at radius 3 is 2.58 bits per heavy atom. The van der Waals surface area contributed by atoms with Crippen LogP contribution in [0.4, 0.5) is 0 Å². The predicted molar refractivity (Wildman–Crippen MR) is 75.8 cm³/mol. The van der Waals surface area contributed by atoms with Crippen molar-refractivity contribution in [1.82, 2.24) is 10.2 Å². The summed E-state index contributed by atoms with van der Waals surface area (Å²) in [4.78, 5) is 13.7. The third kappa shape index (κ3) is 2.67. The van der Waals surface area contributed by atoms with E-state index in [0.29, 0.717) is 17.9 Å². The molecule has 0 bridgehead atoms. The number of carbonyl (C=O) groups excluding carboxylic acids is 1. The molecule has 0 unspecified atom stereocenters. The molecular formula is C15H17ClN2O. The molecule has 1 aliphatic heterocycles. The lowest BCUT2D eigenvalue weighted by Gasteiger charge is -2.19. The lowest BCUT2D eigenvalue weighted by Crippen LogP contribution is -2.33. The van der Waals surface area contributed by atoms with Crippen LogP contribution in [0.15, 0.2) is 36.9 Å². The number of carbonyl (C=O) groups is 1. The number of benzene rings is 1. The van der Waals surface area contributed by atoms with Crippen LogP contribution in [0.1, 0.15) is 5.56 Å². The first kappa shape index (κ1) is 12.7. The molecule has 3 atom stereocenters. The second-order valence-corrected chi connectivity index (χ2v) is 5.82. The smallest absolute Gasteiger partial charge is 0.243 e. The van der Waals surface area contributed by atoms with Crippen molar-refractivity contribution >= 4 is 17.5 Å². The zero-order valence-electron chi connectivity index (χ0n) is 10.7. The van der Waals surface area contributed by atoms with E-state index in [1.165, 1.54) is 11.6 Å². The summed E-state index contributed by atoms with van der Waals surface area (Å²) < 4.78 is 0. The van der Waals surface area contributed by atoms with Gasteiger partial charge in [-0.15, -0.1) is 0 Å². The van der Waals surface area contributed by atoms with Crippen molar-refractivity contribution in [3.63, 3.8) is 0 Å². The number of hydrogen-bond donors (Lipinski definition) is 1. The van der Waals surface area contributed by atoms with Gasteiger partial charge in [0, 0.05) is 30.7 Å². The van der Waals surface area contributed by atoms with Crippen molar-refractivity contribution in [2.24, 2.45) is 11.8 Å². The van der Waals surface area contributed by atoms with Gasteiger partial charge in [0.05, 0.1) is 0 Å². The van der Waals surface area contributed by atoms with Crippen LogP contribution in [0.5, 0.6) is 0 Å². The molecule has 0 aromatic heterocycles. The van der Waals surface area contributed by atoms with Crippen LogP contribution in [0, 0.1) is 11.8 Å². The Bertz CT molecular complexity index is 487. The summed E-state index contributed by atoms with van der Waals surface area (Å²) in [6, 6.07) is 8.38. The Balaban J connectivity index is 1.49. The van der Waals surface area contributed by atoms with Crippen LogP contribution < -0.4 is 5.32 Å². The average molecular weight is 277 g/mol. The molecule has 1 heterocycles. The zero-order valence-corrected chi connectivity index (χ0v) is 11.4. The highest BCUT2D eigenvalue weighted by Gasteiger charge is 2.55. The number of nitrogens with one attached hydrogen (secondary N) is 1. The lowest BCUT2D eigenvalue weighted by molar-refractivity contribution is -0.116. The predicted octanol–water partition coefficient (Wildman–Crippen LogP) is 2.07. The van der Waals surface area contributed by atoms with E-state index in [4.69, 9.17) is 11.6 Å². The van der Waals surface area contributed by atoms with Crippen LogP contribution in [-0.4, -0.2) is 29.9 Å². The Kier molecular flexibility index (Phi) is 3.33. The fraction of sp³-hybridized carbons (Fsp3) is 0.400. The second kappa shape index (κ2) is 4.99. The average Bonchev–Trinajstić information content (AvgIpc) is 2.86. The Morgan fingerprint density at radius 2 is 2.00 bits per heavy atom. The summed E-state index contributed by atoms with van der Waals surface area (Å²) in [6.07, 6.45) is 1.35. The van der Waals surface area contributed by atoms with E-state index in [1.54, 1.807) is 0 Å². The van der Waals surface area contributed by atoms with Gasteiger partial charge in [-0.05, 0) is 35.6 Å². The molecule has 0 radical (unpaired) electrons. The highest BCUT2D eigenvalue weighted by Crippen LogP contribution is 2.45. The number of nitrogens with zero attached hydrogens (tertiary/aromatic N) is 1. The molecule has 2 fully saturated rings. The number of likely N-dealkylation sites (tertiary alicyclic amines) is 1. The van der Waals surface area contributed by atoms with E-state index >= 15 is 0 Å². The zero-order chi connectivity index (χ0) is 13.4. The number of fused-ring (bicyclic) bond motifs is 1. The summed E-state index contributed by atoms with van der Waals surface area (Å²) in [7, 11) is 0. The lowest BCUT2D eigenvalue weighted by atomic mass is 10.2. The standard InChI is InChI=1S/C15H17ClN2O/c1-2-14(19)17-15-12-8-18(9-13(12)15)7-10-3-5-11(16)6-4-10/h2-6,12-13,15H,1,7-9H2,(H,17,19)/t12-,13+,15+. The molecular weight excluding hydrogens is 260 g/mol. The van der Waals surface area contributed by atoms with Gasteiger partial charge in [0.15, 0.2) is 0 Å². The third-order valence-corrected chi connectivity index (χ3v) is 4.34. The second-order valence-electron chi connectivity index (χ2n) is 5.39. The number of rotatable bonds is 4. The van der Waals surface area contributed by atoms with Gasteiger partial charge in [0.2, 0.25) is 5.91 Å². The maximum Gasteiger partial charge on any atom is 0.243 e. The summed E-state index contributed by atoms with van der Waals surface area (Å²) in [5.41, 5.74) is 1.29. The van der Waals surface area contributed by atoms with Crippen molar-refractivity contribution in [1.29, 1.82) is 0 Å². The third-order valence-electron chi connectivity index (χ3n) is 4.08. The van der Waals surface area contributed by atoms with Gasteiger partial charge >= 0.3 is 0 Å². The van der Waals surface area contributed by atoms with Crippen molar-refractivity contribution in [2.45, 2.75) is 12.6 Å². The van der Waals surface area contributed by atoms with Gasteiger partial charge in [0.1, 0.15) is 0 Å². The molecule has 3 nitrogen and oxygen atoms in total. The van der Waals surface area contributed by atoms with Crippen molar-refractivity contribution in [2.75, 3.05) is 13.1 Å². The molecule has 4 heteroatoms. The first-order valence-corrected chi connectivity index (χ1v) is 6.95. The molecule has 1 N–H and O–H groups in total. The number of hydrogen-bond acceptors (Lipinski definition) is 2. The van der Waals surface area contributed by atoms with Crippen molar-refractivity contribution < 1.29 is 4.79 Å². The molecule has 0 spiro atoms. The van der Waals surface area contributed by atoms with Crippen molar-refractivity contribution in [3.8, 4) is 0 Å². The van der Waals surface area contributed by atoms with Gasteiger partial charge in [-0.2, -0.15) is 0 Å². The normalized spacial score (nSPS) is 28.8. The van der Waals surface area contributed by atoms with Gasteiger partial charge in [-0.3, -0.25) is 9.69 Å².